The average Bonchev–Trinajstić information content (AvgIpc) is 2.04. The largest absolute Gasteiger partial charge is 0.574 e. The van der Waals surface area contributed by atoms with Crippen LogP contribution in [-0.2, 0) is 0 Å². The van der Waals surface area contributed by atoms with Crippen molar-refractivity contribution in [2.45, 2.75) is 13.3 Å². The van der Waals surface area contributed by atoms with Crippen molar-refractivity contribution < 1.29 is 17.9 Å². The van der Waals surface area contributed by atoms with E-state index in [4.69, 9.17) is 11.6 Å². The van der Waals surface area contributed by atoms with Crippen molar-refractivity contribution in [1.82, 2.24) is 4.98 Å². The van der Waals surface area contributed by atoms with Gasteiger partial charge in [0.2, 0.25) is 5.88 Å². The Kier molecular flexibility index (Phi) is 3.26. The lowest BCUT2D eigenvalue weighted by Crippen LogP contribution is -2.18. The molecule has 0 N–H and O–H groups in total. The first-order valence-corrected chi connectivity index (χ1v) is 4.54. The van der Waals surface area contributed by atoms with Crippen LogP contribution in [0.5, 0.6) is 5.88 Å². The van der Waals surface area contributed by atoms with Crippen LogP contribution in [0.1, 0.15) is 5.56 Å². The molecule has 0 bridgehead atoms. The first-order valence-electron chi connectivity index (χ1n) is 3.37. The average molecular weight is 290 g/mol. The zero-order chi connectivity index (χ0) is 10.9. The molecule has 7 heteroatoms. The Morgan fingerprint density at radius 2 is 2.07 bits per heavy atom. The first kappa shape index (κ1) is 11.6. The summed E-state index contributed by atoms with van der Waals surface area (Å²) < 4.78 is 39.5. The molecule has 2 nitrogen and oxygen atoms in total. The highest BCUT2D eigenvalue weighted by molar-refractivity contribution is 9.10. The van der Waals surface area contributed by atoms with E-state index in [-0.39, 0.29) is 10.6 Å². The number of ether oxygens (including phenoxy) is 1. The molecule has 0 radical (unpaired) electrons. The summed E-state index contributed by atoms with van der Waals surface area (Å²) in [6, 6.07) is 0. The van der Waals surface area contributed by atoms with Crippen LogP contribution < -0.4 is 4.74 Å². The van der Waals surface area contributed by atoms with Crippen LogP contribution in [0.15, 0.2) is 10.7 Å². The SMILES string of the molecule is Cc1c(OC(F)(F)F)ncc(Cl)c1Br. The molecule has 0 aliphatic rings. The minimum absolute atomic E-state index is 0.204. The fourth-order valence-electron chi connectivity index (χ4n) is 0.754. The van der Waals surface area contributed by atoms with Gasteiger partial charge in [0, 0.05) is 10.0 Å². The summed E-state index contributed by atoms with van der Waals surface area (Å²) in [5.74, 6) is -0.506. The summed E-state index contributed by atoms with van der Waals surface area (Å²) in [7, 11) is 0. The molecule has 1 aromatic heterocycles. The third-order valence-electron chi connectivity index (χ3n) is 1.37. The highest BCUT2D eigenvalue weighted by atomic mass is 79.9. The minimum Gasteiger partial charge on any atom is -0.388 e. The molecule has 1 rings (SSSR count). The monoisotopic (exact) mass is 289 g/mol. The second-order valence-electron chi connectivity index (χ2n) is 2.40. The van der Waals surface area contributed by atoms with Gasteiger partial charge in [-0.3, -0.25) is 0 Å². The number of aromatic nitrogens is 1. The van der Waals surface area contributed by atoms with E-state index in [1.165, 1.54) is 6.92 Å². The van der Waals surface area contributed by atoms with Crippen LogP contribution in [0, 0.1) is 6.92 Å². The van der Waals surface area contributed by atoms with Crippen LogP contribution in [0.25, 0.3) is 0 Å². The van der Waals surface area contributed by atoms with Gasteiger partial charge in [0.15, 0.2) is 0 Å². The molecule has 0 aliphatic carbocycles. The van der Waals surface area contributed by atoms with Gasteiger partial charge in [0.25, 0.3) is 0 Å². The second kappa shape index (κ2) is 3.94. The first-order chi connectivity index (χ1) is 6.31. The molecule has 0 spiro atoms. The van der Waals surface area contributed by atoms with Crippen LogP contribution in [0.4, 0.5) is 13.2 Å². The molecule has 0 aromatic carbocycles. The van der Waals surface area contributed by atoms with Crippen molar-refractivity contribution in [3.05, 3.63) is 21.3 Å². The van der Waals surface area contributed by atoms with E-state index in [2.05, 4.69) is 25.7 Å². The van der Waals surface area contributed by atoms with Gasteiger partial charge in [0.05, 0.1) is 11.2 Å². The van der Waals surface area contributed by atoms with Gasteiger partial charge in [-0.1, -0.05) is 11.6 Å². The number of alkyl halides is 3. The molecule has 0 saturated heterocycles. The molecule has 0 amide bonds. The molecule has 0 unspecified atom stereocenters. The molecule has 1 heterocycles. The maximum atomic E-state index is 11.8. The van der Waals surface area contributed by atoms with Crippen LogP contribution in [0.2, 0.25) is 5.02 Å². The maximum Gasteiger partial charge on any atom is 0.574 e. The summed E-state index contributed by atoms with van der Waals surface area (Å²) in [5.41, 5.74) is 0.204. The van der Waals surface area contributed by atoms with E-state index < -0.39 is 12.2 Å². The Bertz CT molecular complexity index is 356. The highest BCUT2D eigenvalue weighted by Gasteiger charge is 2.32. The standard InChI is InChI=1S/C7H4BrClF3NO/c1-3-5(8)4(9)2-13-6(3)14-7(10,11)12/h2H,1H3. The molecule has 0 atom stereocenters. The van der Waals surface area contributed by atoms with E-state index in [9.17, 15) is 13.2 Å². The van der Waals surface area contributed by atoms with E-state index in [1.807, 2.05) is 0 Å². The van der Waals surface area contributed by atoms with Crippen molar-refractivity contribution in [3.8, 4) is 5.88 Å². The predicted octanol–water partition coefficient (Wildman–Crippen LogP) is 3.70. The topological polar surface area (TPSA) is 22.1 Å². The van der Waals surface area contributed by atoms with Crippen LogP contribution in [0.3, 0.4) is 0 Å². The van der Waals surface area contributed by atoms with Gasteiger partial charge < -0.3 is 4.74 Å². The smallest absolute Gasteiger partial charge is 0.388 e. The lowest BCUT2D eigenvalue weighted by Gasteiger charge is -2.11. The summed E-state index contributed by atoms with van der Waals surface area (Å²) >= 11 is 8.63. The summed E-state index contributed by atoms with van der Waals surface area (Å²) in [6.07, 6.45) is -3.66. The lowest BCUT2D eigenvalue weighted by molar-refractivity contribution is -0.276. The molecule has 0 aliphatic heterocycles. The van der Waals surface area contributed by atoms with E-state index >= 15 is 0 Å². The summed E-state index contributed by atoms with van der Waals surface area (Å²) in [4.78, 5) is 3.42. The van der Waals surface area contributed by atoms with E-state index in [0.29, 0.717) is 4.47 Å². The van der Waals surface area contributed by atoms with Crippen molar-refractivity contribution in [2.24, 2.45) is 0 Å². The molecular formula is C7H4BrClF3NO. The van der Waals surface area contributed by atoms with E-state index in [0.717, 1.165) is 6.20 Å². The predicted molar refractivity (Wildman–Crippen MR) is 48.4 cm³/mol. The summed E-state index contributed by atoms with van der Waals surface area (Å²) in [6.45, 7) is 1.42. The Balaban J connectivity index is 3.06. The quantitative estimate of drug-likeness (QED) is 0.786. The van der Waals surface area contributed by atoms with Crippen LogP contribution >= 0.6 is 27.5 Å². The van der Waals surface area contributed by atoms with Gasteiger partial charge in [-0.25, -0.2) is 4.98 Å². The molecule has 1 aromatic rings. The number of nitrogens with zero attached hydrogens (tertiary/aromatic N) is 1. The van der Waals surface area contributed by atoms with Gasteiger partial charge in [-0.15, -0.1) is 13.2 Å². The summed E-state index contributed by atoms with van der Waals surface area (Å²) in [5, 5.41) is 0.233. The Labute approximate surface area is 91.2 Å². The van der Waals surface area contributed by atoms with Crippen molar-refractivity contribution in [3.63, 3.8) is 0 Å². The third kappa shape index (κ3) is 2.75. The van der Waals surface area contributed by atoms with Crippen molar-refractivity contribution >= 4 is 27.5 Å². The number of rotatable bonds is 1. The normalized spacial score (nSPS) is 11.6. The number of pyridine rings is 1. The van der Waals surface area contributed by atoms with E-state index in [1.54, 1.807) is 0 Å². The van der Waals surface area contributed by atoms with Crippen molar-refractivity contribution in [1.29, 1.82) is 0 Å². The lowest BCUT2D eigenvalue weighted by atomic mass is 10.3. The van der Waals surface area contributed by atoms with Gasteiger partial charge in [0.1, 0.15) is 0 Å². The fourth-order valence-corrected chi connectivity index (χ4v) is 1.22. The Morgan fingerprint density at radius 3 is 2.57 bits per heavy atom. The fraction of sp³-hybridized carbons (Fsp3) is 0.286. The minimum atomic E-state index is -4.75. The zero-order valence-corrected chi connectivity index (χ0v) is 9.16. The number of halogens is 5. The molecule has 0 saturated carbocycles. The molecule has 78 valence electrons. The zero-order valence-electron chi connectivity index (χ0n) is 6.82. The van der Waals surface area contributed by atoms with Gasteiger partial charge >= 0.3 is 6.36 Å². The van der Waals surface area contributed by atoms with Crippen molar-refractivity contribution in [2.75, 3.05) is 0 Å². The number of hydrogen-bond donors (Lipinski definition) is 0. The molecular weight excluding hydrogens is 286 g/mol. The van der Waals surface area contributed by atoms with Gasteiger partial charge in [-0.05, 0) is 22.9 Å². The maximum absolute atomic E-state index is 11.8. The van der Waals surface area contributed by atoms with Crippen LogP contribution in [-0.4, -0.2) is 11.3 Å². The second-order valence-corrected chi connectivity index (χ2v) is 3.60. The third-order valence-corrected chi connectivity index (χ3v) is 2.90. The Morgan fingerprint density at radius 1 is 1.50 bits per heavy atom. The molecule has 14 heavy (non-hydrogen) atoms. The van der Waals surface area contributed by atoms with Gasteiger partial charge in [-0.2, -0.15) is 0 Å². The molecule has 0 fully saturated rings. The highest BCUT2D eigenvalue weighted by Crippen LogP contribution is 2.32. The Hall–Kier alpha value is -0.490. The number of hydrogen-bond acceptors (Lipinski definition) is 2.